The second-order valence-corrected chi connectivity index (χ2v) is 20.5. The maximum Gasteiger partial charge on any atom is 0.324 e. The highest BCUT2D eigenvalue weighted by atomic mass is 16.5. The number of hydrogen-bond acceptors (Lipinski definition) is 10. The number of aromatic nitrogens is 1. The first kappa shape index (κ1) is 51.6. The minimum Gasteiger partial charge on any atom is -0.508 e. The average Bonchev–Trinajstić information content (AvgIpc) is 3.94. The van der Waals surface area contributed by atoms with Crippen LogP contribution in [0.3, 0.4) is 0 Å². The van der Waals surface area contributed by atoms with Crippen molar-refractivity contribution in [2.45, 2.75) is 97.8 Å². The molecule has 15 nitrogen and oxygen atoms in total. The zero-order valence-corrected chi connectivity index (χ0v) is 42.4. The minimum atomic E-state index is -1.17. The molecule has 3 aliphatic rings. The van der Waals surface area contributed by atoms with E-state index in [-0.39, 0.29) is 49.6 Å². The molecule has 3 N–H and O–H groups in total. The van der Waals surface area contributed by atoms with Gasteiger partial charge < -0.3 is 34.3 Å². The molecule has 0 aliphatic carbocycles. The average molecular weight is 958 g/mol. The van der Waals surface area contributed by atoms with E-state index in [2.05, 4.69) is 84.3 Å². The van der Waals surface area contributed by atoms with Gasteiger partial charge in [0.15, 0.2) is 0 Å². The number of carbonyl (C=O) groups is 5. The number of cyclic esters (lactones) is 1. The van der Waals surface area contributed by atoms with Gasteiger partial charge in [0.05, 0.1) is 31.4 Å². The molecule has 2 saturated heterocycles. The van der Waals surface area contributed by atoms with Gasteiger partial charge in [0.1, 0.15) is 23.9 Å². The van der Waals surface area contributed by atoms with Crippen LogP contribution >= 0.6 is 0 Å². The molecule has 0 spiro atoms. The van der Waals surface area contributed by atoms with E-state index in [9.17, 15) is 29.1 Å². The largest absolute Gasteiger partial charge is 0.508 e. The van der Waals surface area contributed by atoms with Gasteiger partial charge in [-0.1, -0.05) is 70.0 Å². The lowest BCUT2D eigenvalue weighted by molar-refractivity contribution is -0.155. The van der Waals surface area contributed by atoms with E-state index in [1.165, 1.54) is 9.91 Å². The molecule has 4 heterocycles. The lowest BCUT2D eigenvalue weighted by Gasteiger charge is -2.37. The molecule has 0 radical (unpaired) electrons. The summed E-state index contributed by atoms with van der Waals surface area (Å²) in [5.41, 5.74) is 10.3. The summed E-state index contributed by atoms with van der Waals surface area (Å²) in [6.45, 7) is 12.7. The summed E-state index contributed by atoms with van der Waals surface area (Å²) < 4.78 is 14.0. The molecule has 2 fully saturated rings. The number of hydrogen-bond donors (Lipinski definition) is 3. The Kier molecular flexibility index (Phi) is 16.4. The maximum atomic E-state index is 14.8. The van der Waals surface area contributed by atoms with Gasteiger partial charge in [-0.3, -0.25) is 33.9 Å². The second-order valence-electron chi connectivity index (χ2n) is 20.5. The highest BCUT2D eigenvalue weighted by Crippen LogP contribution is 2.41. The Labute approximate surface area is 412 Å². The summed E-state index contributed by atoms with van der Waals surface area (Å²) in [6, 6.07) is 17.0. The van der Waals surface area contributed by atoms with Gasteiger partial charge in [0.25, 0.3) is 11.8 Å². The number of carbonyl (C=O) groups excluding carboxylic acids is 5. The van der Waals surface area contributed by atoms with Gasteiger partial charge in [-0.25, -0.2) is 5.43 Å². The predicted octanol–water partition coefficient (Wildman–Crippen LogP) is 5.43. The number of ether oxygens (including phenoxy) is 2. The second kappa shape index (κ2) is 22.3. The first-order chi connectivity index (χ1) is 33.4. The molecule has 3 aromatic carbocycles. The van der Waals surface area contributed by atoms with Crippen molar-refractivity contribution < 1.29 is 38.6 Å². The van der Waals surface area contributed by atoms with Crippen molar-refractivity contribution in [3.8, 4) is 40.0 Å². The molecule has 15 heteroatoms. The number of nitrogens with zero attached hydrogens (tertiary/aromatic N) is 5. The topological polar surface area (TPSA) is 166 Å². The highest BCUT2D eigenvalue weighted by Gasteiger charge is 2.40. The Morgan fingerprint density at radius 2 is 1.79 bits per heavy atom. The first-order valence-electron chi connectivity index (χ1n) is 24.7. The van der Waals surface area contributed by atoms with Crippen LogP contribution in [0.1, 0.15) is 70.6 Å². The number of nitrogens with one attached hydrogen (secondary N) is 2. The van der Waals surface area contributed by atoms with Gasteiger partial charge >= 0.3 is 5.97 Å². The summed E-state index contributed by atoms with van der Waals surface area (Å²) in [6.07, 6.45) is 2.69. The van der Waals surface area contributed by atoms with E-state index in [0.717, 1.165) is 50.8 Å². The fraction of sp³-hybridized carbons (Fsp3) is 0.509. The van der Waals surface area contributed by atoms with Gasteiger partial charge in [-0.2, -0.15) is 0 Å². The molecule has 374 valence electrons. The molecule has 7 rings (SSSR count). The van der Waals surface area contributed by atoms with Crippen LogP contribution in [0.4, 0.5) is 0 Å². The lowest BCUT2D eigenvalue weighted by atomic mass is 9.83. The molecular formula is C55H71N7O8. The van der Waals surface area contributed by atoms with Crippen LogP contribution < -0.4 is 10.7 Å². The third kappa shape index (κ3) is 11.7. The quantitative estimate of drug-likeness (QED) is 0.130. The Morgan fingerprint density at radius 1 is 1.01 bits per heavy atom. The Balaban J connectivity index is 1.26. The van der Waals surface area contributed by atoms with E-state index in [0.29, 0.717) is 57.5 Å². The Hall–Kier alpha value is -6.21. The third-order valence-corrected chi connectivity index (χ3v) is 13.8. The smallest absolute Gasteiger partial charge is 0.324 e. The van der Waals surface area contributed by atoms with Gasteiger partial charge in [0.2, 0.25) is 11.8 Å². The first-order valence-corrected chi connectivity index (χ1v) is 24.7. The van der Waals surface area contributed by atoms with E-state index in [1.54, 1.807) is 31.2 Å². The van der Waals surface area contributed by atoms with Crippen molar-refractivity contribution >= 4 is 40.5 Å². The van der Waals surface area contributed by atoms with Crippen molar-refractivity contribution in [1.29, 1.82) is 0 Å². The summed E-state index contributed by atoms with van der Waals surface area (Å²) in [7, 11) is 7.03. The molecule has 1 unspecified atom stereocenters. The van der Waals surface area contributed by atoms with E-state index in [4.69, 9.17) is 9.47 Å². The number of phenols is 1. The lowest BCUT2D eigenvalue weighted by Crippen LogP contribution is -2.62. The van der Waals surface area contributed by atoms with Gasteiger partial charge in [0, 0.05) is 68.6 Å². The van der Waals surface area contributed by atoms with Gasteiger partial charge in [-0.15, -0.1) is 0 Å². The van der Waals surface area contributed by atoms with Crippen molar-refractivity contribution in [3.05, 3.63) is 77.4 Å². The van der Waals surface area contributed by atoms with E-state index < -0.39 is 47.2 Å². The van der Waals surface area contributed by atoms with Crippen LogP contribution in [0.25, 0.3) is 33.3 Å². The Morgan fingerprint density at radius 3 is 2.51 bits per heavy atom. The molecule has 1 aromatic heterocycles. The number of aromatic hydroxyl groups is 1. The number of likely N-dealkylation sites (N-methyl/N-ethyl adjacent to an activating group) is 1. The number of aryl methyl sites for hydroxylation is 1. The number of hydrazine groups is 1. The van der Waals surface area contributed by atoms with Crippen LogP contribution in [-0.2, 0) is 59.3 Å². The number of benzene rings is 3. The van der Waals surface area contributed by atoms with Crippen LogP contribution in [0.15, 0.2) is 60.7 Å². The summed E-state index contributed by atoms with van der Waals surface area (Å²) in [4.78, 5) is 75.2. The van der Waals surface area contributed by atoms with Gasteiger partial charge in [-0.05, 0) is 117 Å². The summed E-state index contributed by atoms with van der Waals surface area (Å²) in [5.74, 6) is 2.55. The number of likely N-dealkylation sites (tertiary alicyclic amines) is 1. The Bertz CT molecular complexity index is 2660. The molecule has 0 saturated carbocycles. The van der Waals surface area contributed by atoms with Crippen LogP contribution in [0.2, 0.25) is 0 Å². The summed E-state index contributed by atoms with van der Waals surface area (Å²) >= 11 is 0. The van der Waals surface area contributed by atoms with Crippen molar-refractivity contribution in [2.75, 3.05) is 67.6 Å². The van der Waals surface area contributed by atoms with E-state index in [1.807, 2.05) is 45.0 Å². The SMILES string of the molecule is CCn1c(-c2ccccc2CCOC)c2c3cc(ccc31)-c1cc(O)cc(c1)C[C@H](NC(=O)C(C(C)C)N(C)C(=O)[C@H]1CCN(C(=O)C#CCN(C)C)C1)C(=O)N1CCC[C@H](N1)C(=O)OCC(C)(C)C2. The number of phenolic OH excluding ortho intramolecular Hbond substituents is 1. The predicted molar refractivity (Wildman–Crippen MR) is 270 cm³/mol. The molecule has 4 aromatic rings. The number of esters is 1. The third-order valence-electron chi connectivity index (χ3n) is 13.8. The fourth-order valence-corrected chi connectivity index (χ4v) is 10.3. The zero-order chi connectivity index (χ0) is 50.4. The van der Waals surface area contributed by atoms with E-state index >= 15 is 0 Å². The molecule has 4 amide bonds. The monoisotopic (exact) mass is 958 g/mol. The number of rotatable bonds is 11. The molecule has 70 heavy (non-hydrogen) atoms. The van der Waals surface area contributed by atoms with Crippen molar-refractivity contribution in [2.24, 2.45) is 17.3 Å². The van der Waals surface area contributed by atoms with Crippen LogP contribution in [-0.4, -0.2) is 145 Å². The zero-order valence-electron chi connectivity index (χ0n) is 42.4. The van der Waals surface area contributed by atoms with Crippen molar-refractivity contribution in [3.63, 3.8) is 0 Å². The van der Waals surface area contributed by atoms with Crippen LogP contribution in [0.5, 0.6) is 5.75 Å². The van der Waals surface area contributed by atoms with Crippen LogP contribution in [0, 0.1) is 29.1 Å². The molecule has 4 atom stereocenters. The fourth-order valence-electron chi connectivity index (χ4n) is 10.3. The maximum absolute atomic E-state index is 14.8. The minimum absolute atomic E-state index is 0.00293. The highest BCUT2D eigenvalue weighted by molar-refractivity contribution is 5.97. The normalized spacial score (nSPS) is 19.9. The standard InChI is InChI=1S/C55H71N7O8/c1-10-61-47-20-19-38-31-43(47)44(50(61)42-16-12-11-15-37(42)22-26-69-9)32-55(4,5)34-70-54(68)45-17-13-24-62(57-45)53(67)46(29-36-27-40(38)30-41(63)28-36)56-51(65)49(35(2)3)59(8)52(66)39-21-25-60(33-39)48(64)18-14-23-58(6)7/h11-12,15-16,19-20,27-28,30-31,35,39,45-46,49,57,63H,10,13,17,21-26,29,32-34H2,1-9H3,(H,56,65)/t39-,45-,46-,49?/m0/s1. The number of methoxy groups -OCH3 is 1. The summed E-state index contributed by atoms with van der Waals surface area (Å²) in [5, 5.41) is 16.8. The molecular weight excluding hydrogens is 887 g/mol. The van der Waals surface area contributed by atoms with Crippen molar-refractivity contribution in [1.82, 2.24) is 35.0 Å². The molecule has 3 aliphatic heterocycles. The number of amides is 4. The number of fused-ring (bicyclic) bond motifs is 6. The molecule has 6 bridgehead atoms.